The van der Waals surface area contributed by atoms with Gasteiger partial charge in [0.15, 0.2) is 0 Å². The van der Waals surface area contributed by atoms with Crippen molar-refractivity contribution in [3.63, 3.8) is 0 Å². The Morgan fingerprint density at radius 1 is 1.14 bits per heavy atom. The van der Waals surface area contributed by atoms with Crippen molar-refractivity contribution in [2.45, 2.75) is 73.4 Å². The predicted octanol–water partition coefficient (Wildman–Crippen LogP) is 6.96. The highest BCUT2D eigenvalue weighted by Gasteiger charge is 2.30. The first-order chi connectivity index (χ1) is 17.0. The molecule has 0 saturated heterocycles. The molecule has 9 heteroatoms. The van der Waals surface area contributed by atoms with Crippen LogP contribution in [0.3, 0.4) is 0 Å². The Morgan fingerprint density at radius 2 is 1.70 bits per heavy atom. The molecule has 0 amide bonds. The lowest BCUT2D eigenvalue weighted by Crippen LogP contribution is -2.19. The van der Waals surface area contributed by atoms with Crippen LogP contribution in [0.1, 0.15) is 70.1 Å². The van der Waals surface area contributed by atoms with E-state index >= 15 is 0 Å². The van der Waals surface area contributed by atoms with Gasteiger partial charge in [0.1, 0.15) is 9.84 Å². The molecule has 1 aromatic rings. The Kier molecular flexibility index (Phi) is 18.7. The van der Waals surface area contributed by atoms with Crippen LogP contribution in [0.25, 0.3) is 0 Å². The van der Waals surface area contributed by atoms with E-state index in [2.05, 4.69) is 43.7 Å². The summed E-state index contributed by atoms with van der Waals surface area (Å²) < 4.78 is 55.6. The van der Waals surface area contributed by atoms with Crippen LogP contribution in [0.5, 0.6) is 0 Å². The van der Waals surface area contributed by atoms with Crippen molar-refractivity contribution in [3.8, 4) is 0 Å². The number of halogens is 3. The second-order valence-electron chi connectivity index (χ2n) is 8.84. The van der Waals surface area contributed by atoms with Gasteiger partial charge in [0.25, 0.3) is 0 Å². The molecule has 5 nitrogen and oxygen atoms in total. The molecule has 0 atom stereocenters. The maximum Gasteiger partial charge on any atom is 0.416 e. The molecule has 0 spiro atoms. The molecule has 1 rings (SSSR count). The molecular formula is C28H45F3N2O3S. The lowest BCUT2D eigenvalue weighted by molar-refractivity contribution is -0.137. The van der Waals surface area contributed by atoms with Gasteiger partial charge in [-0.25, -0.2) is 8.42 Å². The molecule has 0 heterocycles. The van der Waals surface area contributed by atoms with E-state index in [1.165, 1.54) is 17.2 Å². The number of nitrogens with one attached hydrogen (secondary N) is 1. The SMILES string of the molecule is C=C(NCCCO)C(C)=N/C=C(C)/C(=C/CC)CCC.CS(C)(=O)=O.Cc1ccc(C(F)(F)F)cc1C. The number of hydrogen-bond acceptors (Lipinski definition) is 5. The summed E-state index contributed by atoms with van der Waals surface area (Å²) in [4.78, 5) is 4.48. The number of allylic oxidation sites excluding steroid dienone is 4. The van der Waals surface area contributed by atoms with E-state index in [0.717, 1.165) is 73.8 Å². The predicted molar refractivity (Wildman–Crippen MR) is 151 cm³/mol. The fraction of sp³-hybridized carbons (Fsp3) is 0.536. The highest BCUT2D eigenvalue weighted by Crippen LogP contribution is 2.30. The van der Waals surface area contributed by atoms with Crippen LogP contribution in [0, 0.1) is 13.8 Å². The van der Waals surface area contributed by atoms with Crippen molar-refractivity contribution in [2.75, 3.05) is 25.7 Å². The minimum Gasteiger partial charge on any atom is -0.396 e. The molecule has 0 radical (unpaired) electrons. The number of aliphatic hydroxyl groups is 1. The second-order valence-corrected chi connectivity index (χ2v) is 11.1. The third kappa shape index (κ3) is 20.4. The normalized spacial score (nSPS) is 12.7. The molecule has 0 aliphatic rings. The lowest BCUT2D eigenvalue weighted by Gasteiger charge is -2.08. The number of nitrogens with zero attached hydrogens (tertiary/aromatic N) is 1. The summed E-state index contributed by atoms with van der Waals surface area (Å²) >= 11 is 0. The van der Waals surface area contributed by atoms with Gasteiger partial charge in [-0.15, -0.1) is 0 Å². The van der Waals surface area contributed by atoms with E-state index in [1.807, 2.05) is 13.1 Å². The smallest absolute Gasteiger partial charge is 0.396 e. The average molecular weight is 547 g/mol. The zero-order chi connectivity index (χ0) is 29.2. The lowest BCUT2D eigenvalue weighted by atomic mass is 10.0. The molecule has 0 aliphatic heterocycles. The Bertz CT molecular complexity index is 1020. The fourth-order valence-corrected chi connectivity index (χ4v) is 2.69. The van der Waals surface area contributed by atoms with E-state index in [9.17, 15) is 21.6 Å². The Hall–Kier alpha value is -2.39. The summed E-state index contributed by atoms with van der Waals surface area (Å²) in [6, 6.07) is 3.75. The molecule has 1 aromatic carbocycles. The summed E-state index contributed by atoms with van der Waals surface area (Å²) in [5.41, 5.74) is 5.27. The van der Waals surface area contributed by atoms with E-state index in [1.54, 1.807) is 13.8 Å². The molecule has 212 valence electrons. The van der Waals surface area contributed by atoms with Crippen LogP contribution in [0.15, 0.2) is 58.9 Å². The van der Waals surface area contributed by atoms with E-state index in [4.69, 9.17) is 5.11 Å². The molecular weight excluding hydrogens is 501 g/mol. The minimum absolute atomic E-state index is 0.192. The zero-order valence-electron chi connectivity index (χ0n) is 23.6. The van der Waals surface area contributed by atoms with Gasteiger partial charge in [0.05, 0.1) is 11.3 Å². The number of sulfone groups is 1. The number of rotatable bonds is 10. The zero-order valence-corrected chi connectivity index (χ0v) is 24.4. The summed E-state index contributed by atoms with van der Waals surface area (Å²) in [7, 11) is -2.67. The van der Waals surface area contributed by atoms with Gasteiger partial charge in [-0.1, -0.05) is 39.0 Å². The van der Waals surface area contributed by atoms with Crippen LogP contribution in [-0.4, -0.2) is 44.9 Å². The highest BCUT2D eigenvalue weighted by molar-refractivity contribution is 7.89. The van der Waals surface area contributed by atoms with Crippen LogP contribution in [0.4, 0.5) is 13.2 Å². The molecule has 0 aromatic heterocycles. The van der Waals surface area contributed by atoms with Gasteiger partial charge in [0, 0.05) is 37.6 Å². The van der Waals surface area contributed by atoms with Crippen molar-refractivity contribution in [1.29, 1.82) is 0 Å². The maximum absolute atomic E-state index is 12.1. The molecule has 37 heavy (non-hydrogen) atoms. The second kappa shape index (κ2) is 18.8. The number of aliphatic hydroxyl groups excluding tert-OH is 1. The molecule has 0 bridgehead atoms. The number of hydrogen-bond donors (Lipinski definition) is 2. The monoisotopic (exact) mass is 546 g/mol. The van der Waals surface area contributed by atoms with Crippen LogP contribution in [-0.2, 0) is 16.0 Å². The molecule has 0 aliphatic carbocycles. The van der Waals surface area contributed by atoms with E-state index in [-0.39, 0.29) is 6.61 Å². The molecule has 2 N–H and O–H groups in total. The van der Waals surface area contributed by atoms with Crippen molar-refractivity contribution in [2.24, 2.45) is 4.99 Å². The number of alkyl halides is 3. The average Bonchev–Trinajstić information content (AvgIpc) is 2.77. The molecule has 0 fully saturated rings. The number of benzene rings is 1. The molecule has 0 saturated carbocycles. The Balaban J connectivity index is 0. The van der Waals surface area contributed by atoms with Crippen molar-refractivity contribution in [3.05, 3.63) is 70.6 Å². The van der Waals surface area contributed by atoms with Crippen molar-refractivity contribution in [1.82, 2.24) is 5.32 Å². The summed E-state index contributed by atoms with van der Waals surface area (Å²) in [5.74, 6) is 0. The van der Waals surface area contributed by atoms with Crippen molar-refractivity contribution < 1.29 is 26.7 Å². The summed E-state index contributed by atoms with van der Waals surface area (Å²) in [6.45, 7) is 16.7. The minimum atomic E-state index is -4.22. The number of aliphatic imine (C=N–C) groups is 1. The number of aryl methyl sites for hydroxylation is 2. The van der Waals surface area contributed by atoms with Gasteiger partial charge in [-0.3, -0.25) is 4.99 Å². The Morgan fingerprint density at radius 3 is 2.14 bits per heavy atom. The first-order valence-electron chi connectivity index (χ1n) is 12.2. The topological polar surface area (TPSA) is 78.8 Å². The van der Waals surface area contributed by atoms with E-state index in [0.29, 0.717) is 5.56 Å². The quantitative estimate of drug-likeness (QED) is 0.189. The maximum atomic E-state index is 12.1. The molecule has 0 unspecified atom stereocenters. The third-order valence-electron chi connectivity index (χ3n) is 4.87. The van der Waals surface area contributed by atoms with Gasteiger partial charge in [0.2, 0.25) is 0 Å². The Labute approximate surface area is 222 Å². The first-order valence-corrected chi connectivity index (χ1v) is 14.5. The van der Waals surface area contributed by atoms with Gasteiger partial charge >= 0.3 is 6.18 Å². The van der Waals surface area contributed by atoms with Crippen LogP contribution < -0.4 is 5.32 Å². The van der Waals surface area contributed by atoms with Crippen molar-refractivity contribution >= 4 is 15.5 Å². The van der Waals surface area contributed by atoms with Gasteiger partial charge in [-0.05, 0) is 81.4 Å². The van der Waals surface area contributed by atoms with Crippen LogP contribution in [0.2, 0.25) is 0 Å². The standard InChI is InChI=1S/C17H30N2O.C9H9F3.C2H6O2S/c1-6-9-17(10-7-2)14(3)13-19-16(5)15(4)18-11-8-12-20;1-6-3-4-8(5-7(6)2)9(10,11)12;1-5(2,3)4/h9,13,18,20H,4,6-8,10-12H2,1-3,5H3;3-5H,1-2H3;1-2H3/b14-13+,17-9+,19-16?;;. The summed E-state index contributed by atoms with van der Waals surface area (Å²) in [5, 5.41) is 11.9. The summed E-state index contributed by atoms with van der Waals surface area (Å²) in [6.07, 6.45) is 6.31. The third-order valence-corrected chi connectivity index (χ3v) is 4.87. The van der Waals surface area contributed by atoms with Gasteiger partial charge < -0.3 is 10.4 Å². The highest BCUT2D eigenvalue weighted by atomic mass is 32.2. The van der Waals surface area contributed by atoms with Crippen LogP contribution >= 0.6 is 0 Å². The van der Waals surface area contributed by atoms with E-state index < -0.39 is 21.6 Å². The largest absolute Gasteiger partial charge is 0.416 e. The fourth-order valence-electron chi connectivity index (χ4n) is 2.69. The first kappa shape index (κ1) is 36.8. The van der Waals surface area contributed by atoms with Gasteiger partial charge in [-0.2, -0.15) is 13.2 Å².